The van der Waals surface area contributed by atoms with E-state index in [1.165, 1.54) is 25.8 Å². The van der Waals surface area contributed by atoms with Crippen LogP contribution in [0.5, 0.6) is 0 Å². The van der Waals surface area contributed by atoms with Gasteiger partial charge >= 0.3 is 0 Å². The predicted octanol–water partition coefficient (Wildman–Crippen LogP) is 4.08. The third-order valence-corrected chi connectivity index (χ3v) is 6.36. The summed E-state index contributed by atoms with van der Waals surface area (Å²) in [6, 6.07) is 0. The topological polar surface area (TPSA) is 12.0 Å². The molecule has 0 heterocycles. The van der Waals surface area contributed by atoms with Gasteiger partial charge in [0.1, 0.15) is 0 Å². The van der Waals surface area contributed by atoms with Crippen LogP contribution < -0.4 is 5.32 Å². The van der Waals surface area contributed by atoms with Gasteiger partial charge in [-0.15, -0.1) is 0 Å². The lowest BCUT2D eigenvalue weighted by atomic mass is 9.69. The zero-order valence-corrected chi connectivity index (χ0v) is 12.3. The molecule has 0 aromatic rings. The monoisotopic (exact) mass is 249 g/mol. The summed E-state index contributed by atoms with van der Waals surface area (Å²) in [6.07, 6.45) is 12.3. The largest absolute Gasteiger partial charge is 0.319 e. The zero-order valence-electron chi connectivity index (χ0n) is 12.3. The van der Waals surface area contributed by atoms with Gasteiger partial charge in [0.2, 0.25) is 0 Å². The van der Waals surface area contributed by atoms with Crippen molar-refractivity contribution in [1.29, 1.82) is 0 Å². The molecule has 3 saturated carbocycles. The Morgan fingerprint density at radius 1 is 0.889 bits per heavy atom. The van der Waals surface area contributed by atoms with Crippen LogP contribution in [0.4, 0.5) is 0 Å². The number of nitrogens with one attached hydrogen (secondary N) is 1. The van der Waals surface area contributed by atoms with Crippen molar-refractivity contribution in [3.05, 3.63) is 0 Å². The molecule has 104 valence electrons. The molecule has 0 saturated heterocycles. The molecule has 1 heteroatoms. The summed E-state index contributed by atoms with van der Waals surface area (Å²) in [5.74, 6) is 6.36. The highest BCUT2D eigenvalue weighted by Crippen LogP contribution is 2.52. The van der Waals surface area contributed by atoms with Gasteiger partial charge in [0, 0.05) is 0 Å². The van der Waals surface area contributed by atoms with Crippen LogP contribution in [-0.2, 0) is 0 Å². The van der Waals surface area contributed by atoms with Gasteiger partial charge < -0.3 is 5.32 Å². The number of hydrogen-bond acceptors (Lipinski definition) is 1. The molecule has 0 radical (unpaired) electrons. The van der Waals surface area contributed by atoms with E-state index in [0.717, 1.165) is 35.5 Å². The van der Waals surface area contributed by atoms with Crippen LogP contribution in [0.1, 0.15) is 58.3 Å². The van der Waals surface area contributed by atoms with Crippen molar-refractivity contribution in [2.24, 2.45) is 35.5 Å². The van der Waals surface area contributed by atoms with Gasteiger partial charge in [0.25, 0.3) is 0 Å². The van der Waals surface area contributed by atoms with Crippen LogP contribution in [0, 0.1) is 35.5 Å². The lowest BCUT2D eigenvalue weighted by Gasteiger charge is -2.38. The van der Waals surface area contributed by atoms with Crippen molar-refractivity contribution in [1.82, 2.24) is 5.32 Å². The van der Waals surface area contributed by atoms with Crippen molar-refractivity contribution in [3.8, 4) is 0 Å². The highest BCUT2D eigenvalue weighted by molar-refractivity contribution is 4.92. The van der Waals surface area contributed by atoms with Crippen molar-refractivity contribution in [2.45, 2.75) is 58.3 Å². The summed E-state index contributed by atoms with van der Waals surface area (Å²) in [6.45, 7) is 3.74. The van der Waals surface area contributed by atoms with Crippen LogP contribution in [0.25, 0.3) is 0 Å². The van der Waals surface area contributed by atoms with Gasteiger partial charge in [-0.2, -0.15) is 0 Å². The molecule has 0 aliphatic heterocycles. The zero-order chi connectivity index (χ0) is 12.5. The first kappa shape index (κ1) is 13.0. The molecule has 18 heavy (non-hydrogen) atoms. The fourth-order valence-corrected chi connectivity index (χ4v) is 5.44. The van der Waals surface area contributed by atoms with Gasteiger partial charge in [-0.1, -0.05) is 19.8 Å². The Morgan fingerprint density at radius 2 is 1.78 bits per heavy atom. The molecule has 0 aromatic heterocycles. The molecule has 3 fully saturated rings. The molecule has 3 rings (SSSR count). The Kier molecular flexibility index (Phi) is 3.98. The highest BCUT2D eigenvalue weighted by Gasteiger charge is 2.41. The number of fused-ring (bicyclic) bond motifs is 2. The Labute approximate surface area is 113 Å². The van der Waals surface area contributed by atoms with Crippen LogP contribution in [-0.4, -0.2) is 13.6 Å². The van der Waals surface area contributed by atoms with E-state index in [4.69, 9.17) is 0 Å². The fourth-order valence-electron chi connectivity index (χ4n) is 5.44. The maximum atomic E-state index is 3.44. The van der Waals surface area contributed by atoms with Gasteiger partial charge in [-0.25, -0.2) is 0 Å². The number of rotatable bonds is 4. The minimum Gasteiger partial charge on any atom is -0.319 e. The van der Waals surface area contributed by atoms with Crippen molar-refractivity contribution >= 4 is 0 Å². The van der Waals surface area contributed by atoms with E-state index in [1.807, 2.05) is 0 Å². The van der Waals surface area contributed by atoms with E-state index in [1.54, 1.807) is 32.1 Å². The molecule has 2 bridgehead atoms. The van der Waals surface area contributed by atoms with Crippen LogP contribution in [0.2, 0.25) is 0 Å². The molecule has 3 aliphatic rings. The van der Waals surface area contributed by atoms with E-state index >= 15 is 0 Å². The predicted molar refractivity (Wildman–Crippen MR) is 77.5 cm³/mol. The second-order valence-electron chi connectivity index (χ2n) is 7.67. The molecule has 1 nitrogen and oxygen atoms in total. The molecule has 0 spiro atoms. The third-order valence-electron chi connectivity index (χ3n) is 6.36. The molecule has 6 atom stereocenters. The summed E-state index contributed by atoms with van der Waals surface area (Å²) >= 11 is 0. The summed E-state index contributed by atoms with van der Waals surface area (Å²) in [5, 5.41) is 3.44. The molecular weight excluding hydrogens is 218 g/mol. The standard InChI is InChI=1S/C17H31N/c1-12-3-5-15(11-18-2)16(7-12)10-17-9-13-4-6-14(17)8-13/h12-18H,3-11H2,1-2H3. The van der Waals surface area contributed by atoms with Crippen LogP contribution in [0.3, 0.4) is 0 Å². The molecular formula is C17H31N. The Balaban J connectivity index is 1.58. The Morgan fingerprint density at radius 3 is 2.44 bits per heavy atom. The van der Waals surface area contributed by atoms with Gasteiger partial charge in [-0.3, -0.25) is 0 Å². The summed E-state index contributed by atoms with van der Waals surface area (Å²) < 4.78 is 0. The fraction of sp³-hybridized carbons (Fsp3) is 1.00. The molecule has 0 amide bonds. The molecule has 6 unspecified atom stereocenters. The first-order valence-electron chi connectivity index (χ1n) is 8.40. The highest BCUT2D eigenvalue weighted by atomic mass is 14.8. The minimum atomic E-state index is 0.977. The normalized spacial score (nSPS) is 47.7. The lowest BCUT2D eigenvalue weighted by molar-refractivity contribution is 0.138. The average molecular weight is 249 g/mol. The first-order chi connectivity index (χ1) is 8.76. The van der Waals surface area contributed by atoms with Crippen molar-refractivity contribution in [2.75, 3.05) is 13.6 Å². The first-order valence-corrected chi connectivity index (χ1v) is 8.40. The van der Waals surface area contributed by atoms with Gasteiger partial charge in [0.15, 0.2) is 0 Å². The summed E-state index contributed by atoms with van der Waals surface area (Å²) in [4.78, 5) is 0. The van der Waals surface area contributed by atoms with Gasteiger partial charge in [-0.05, 0) is 87.6 Å². The van der Waals surface area contributed by atoms with E-state index < -0.39 is 0 Å². The SMILES string of the molecule is CNCC1CCC(C)CC1CC1CC2CCC1C2. The molecule has 0 aromatic carbocycles. The minimum absolute atomic E-state index is 0.977. The summed E-state index contributed by atoms with van der Waals surface area (Å²) in [5.41, 5.74) is 0. The second kappa shape index (κ2) is 5.53. The van der Waals surface area contributed by atoms with E-state index in [-0.39, 0.29) is 0 Å². The van der Waals surface area contributed by atoms with Crippen LogP contribution >= 0.6 is 0 Å². The van der Waals surface area contributed by atoms with Crippen molar-refractivity contribution in [3.63, 3.8) is 0 Å². The number of hydrogen-bond donors (Lipinski definition) is 1. The Hall–Kier alpha value is -0.0400. The van der Waals surface area contributed by atoms with Crippen LogP contribution in [0.15, 0.2) is 0 Å². The third kappa shape index (κ3) is 2.61. The van der Waals surface area contributed by atoms with E-state index in [0.29, 0.717) is 0 Å². The Bertz CT molecular complexity index is 275. The average Bonchev–Trinajstić information content (AvgIpc) is 2.95. The van der Waals surface area contributed by atoms with Gasteiger partial charge in [0.05, 0.1) is 0 Å². The van der Waals surface area contributed by atoms with Crippen molar-refractivity contribution < 1.29 is 0 Å². The molecule has 1 N–H and O–H groups in total. The molecule has 3 aliphatic carbocycles. The van der Waals surface area contributed by atoms with E-state index in [2.05, 4.69) is 19.3 Å². The lowest BCUT2D eigenvalue weighted by Crippen LogP contribution is -2.33. The smallest absolute Gasteiger partial charge is 0.00209 e. The quantitative estimate of drug-likeness (QED) is 0.791. The maximum Gasteiger partial charge on any atom is -0.00209 e. The second-order valence-corrected chi connectivity index (χ2v) is 7.67. The summed E-state index contributed by atoms with van der Waals surface area (Å²) in [7, 11) is 2.13. The maximum absolute atomic E-state index is 3.44. The van der Waals surface area contributed by atoms with E-state index in [9.17, 15) is 0 Å².